The van der Waals surface area contributed by atoms with Crippen LogP contribution >= 0.6 is 0 Å². The van der Waals surface area contributed by atoms with Crippen LogP contribution in [0.25, 0.3) is 0 Å². The van der Waals surface area contributed by atoms with Crippen LogP contribution in [0.4, 0.5) is 0 Å². The summed E-state index contributed by atoms with van der Waals surface area (Å²) in [5.74, 6) is -1.06. The SMILES string of the molecule is CO[C@H]1O[C@@H]2COC(c3ccccc3)O[C@@H]2[C@H](OC(C)=O)[C@H]1OC(C)=O. The minimum atomic E-state index is -0.947. The lowest BCUT2D eigenvalue weighted by atomic mass is 9.97. The molecule has 0 amide bonds. The molecule has 0 spiro atoms. The Morgan fingerprint density at radius 2 is 1.65 bits per heavy atom. The number of esters is 2. The van der Waals surface area contributed by atoms with Gasteiger partial charge in [-0.15, -0.1) is 0 Å². The number of rotatable bonds is 4. The molecule has 0 radical (unpaired) electrons. The zero-order valence-corrected chi connectivity index (χ0v) is 14.8. The summed E-state index contributed by atoms with van der Waals surface area (Å²) in [6.45, 7) is 2.76. The van der Waals surface area contributed by atoms with Crippen LogP contribution in [0.15, 0.2) is 30.3 Å². The van der Waals surface area contributed by atoms with Gasteiger partial charge in [0, 0.05) is 26.5 Å². The van der Waals surface area contributed by atoms with Crippen molar-refractivity contribution in [2.75, 3.05) is 13.7 Å². The molecule has 2 saturated heterocycles. The van der Waals surface area contributed by atoms with E-state index in [4.69, 9.17) is 28.4 Å². The quantitative estimate of drug-likeness (QED) is 0.738. The molecule has 2 aliphatic heterocycles. The first-order valence-electron chi connectivity index (χ1n) is 8.34. The Balaban J connectivity index is 1.86. The fourth-order valence-electron chi connectivity index (χ4n) is 3.16. The molecule has 2 heterocycles. The van der Waals surface area contributed by atoms with Gasteiger partial charge in [-0.1, -0.05) is 30.3 Å². The number of ether oxygens (including phenoxy) is 6. The van der Waals surface area contributed by atoms with Crippen molar-refractivity contribution in [3.63, 3.8) is 0 Å². The van der Waals surface area contributed by atoms with Crippen molar-refractivity contribution in [2.45, 2.75) is 50.8 Å². The molecule has 0 saturated carbocycles. The Bertz CT molecular complexity index is 633. The molecule has 1 unspecified atom stereocenters. The number of hydrogen-bond acceptors (Lipinski definition) is 8. The van der Waals surface area contributed by atoms with E-state index in [-0.39, 0.29) is 6.61 Å². The minimum Gasteiger partial charge on any atom is -0.455 e. The molecule has 1 aromatic rings. The summed E-state index contributed by atoms with van der Waals surface area (Å²) in [7, 11) is 1.42. The van der Waals surface area contributed by atoms with E-state index in [9.17, 15) is 9.59 Å². The van der Waals surface area contributed by atoms with Crippen molar-refractivity contribution in [2.24, 2.45) is 0 Å². The molecule has 142 valence electrons. The highest BCUT2D eigenvalue weighted by atomic mass is 16.8. The highest BCUT2D eigenvalue weighted by molar-refractivity contribution is 5.67. The molecule has 8 nitrogen and oxygen atoms in total. The molecule has 1 aromatic carbocycles. The third kappa shape index (κ3) is 4.04. The molecule has 0 aliphatic carbocycles. The van der Waals surface area contributed by atoms with E-state index in [2.05, 4.69) is 0 Å². The maximum atomic E-state index is 11.6. The van der Waals surface area contributed by atoms with Gasteiger partial charge in [-0.3, -0.25) is 9.59 Å². The van der Waals surface area contributed by atoms with Crippen LogP contribution in [0.3, 0.4) is 0 Å². The second kappa shape index (κ2) is 8.13. The normalized spacial score (nSPS) is 33.8. The average molecular weight is 366 g/mol. The van der Waals surface area contributed by atoms with E-state index in [0.29, 0.717) is 0 Å². The third-order valence-electron chi connectivity index (χ3n) is 4.19. The second-order valence-electron chi connectivity index (χ2n) is 6.10. The summed E-state index contributed by atoms with van der Waals surface area (Å²) >= 11 is 0. The number of fused-ring (bicyclic) bond motifs is 1. The maximum absolute atomic E-state index is 11.6. The van der Waals surface area contributed by atoms with Crippen LogP contribution in [0.5, 0.6) is 0 Å². The summed E-state index contributed by atoms with van der Waals surface area (Å²) < 4.78 is 33.6. The lowest BCUT2D eigenvalue weighted by molar-refractivity contribution is -0.359. The van der Waals surface area contributed by atoms with Crippen molar-refractivity contribution in [3.8, 4) is 0 Å². The van der Waals surface area contributed by atoms with Gasteiger partial charge in [-0.05, 0) is 0 Å². The van der Waals surface area contributed by atoms with Crippen LogP contribution < -0.4 is 0 Å². The van der Waals surface area contributed by atoms with E-state index >= 15 is 0 Å². The Morgan fingerprint density at radius 1 is 1.00 bits per heavy atom. The summed E-state index contributed by atoms with van der Waals surface area (Å²) in [6, 6.07) is 9.38. The number of benzene rings is 1. The zero-order valence-electron chi connectivity index (χ0n) is 14.8. The first-order valence-corrected chi connectivity index (χ1v) is 8.34. The smallest absolute Gasteiger partial charge is 0.303 e. The largest absolute Gasteiger partial charge is 0.455 e. The van der Waals surface area contributed by atoms with Crippen LogP contribution in [0.2, 0.25) is 0 Å². The highest BCUT2D eigenvalue weighted by Gasteiger charge is 2.53. The lowest BCUT2D eigenvalue weighted by Crippen LogP contribution is -2.64. The number of carbonyl (C=O) groups excluding carboxylic acids is 2. The first-order chi connectivity index (χ1) is 12.5. The standard InChI is InChI=1S/C18H22O8/c1-10(19)23-15-14-13(25-18(21-3)16(15)24-11(2)20)9-22-17(26-14)12-7-5-4-6-8-12/h4-8,13-18H,9H2,1-3H3/t13-,14+,15+,16-,17?,18+/m1/s1. The van der Waals surface area contributed by atoms with Crippen LogP contribution in [-0.2, 0) is 38.0 Å². The Kier molecular flexibility index (Phi) is 5.87. The van der Waals surface area contributed by atoms with Gasteiger partial charge in [0.05, 0.1) is 6.61 Å². The molecule has 2 aliphatic rings. The zero-order chi connectivity index (χ0) is 18.7. The van der Waals surface area contributed by atoms with Crippen molar-refractivity contribution in [3.05, 3.63) is 35.9 Å². The predicted octanol–water partition coefficient (Wildman–Crippen LogP) is 1.34. The molecule has 6 atom stereocenters. The van der Waals surface area contributed by atoms with Gasteiger partial charge in [0.2, 0.25) is 0 Å². The predicted molar refractivity (Wildman–Crippen MR) is 86.8 cm³/mol. The summed E-state index contributed by atoms with van der Waals surface area (Å²) in [5.41, 5.74) is 0.824. The topological polar surface area (TPSA) is 89.5 Å². The molecular formula is C18H22O8. The Hall–Kier alpha value is -2.00. The van der Waals surface area contributed by atoms with Crippen molar-refractivity contribution in [1.82, 2.24) is 0 Å². The van der Waals surface area contributed by atoms with Gasteiger partial charge >= 0.3 is 11.9 Å². The van der Waals surface area contributed by atoms with Crippen molar-refractivity contribution in [1.29, 1.82) is 0 Å². The second-order valence-corrected chi connectivity index (χ2v) is 6.10. The third-order valence-corrected chi connectivity index (χ3v) is 4.19. The molecule has 26 heavy (non-hydrogen) atoms. The van der Waals surface area contributed by atoms with Crippen LogP contribution in [0, 0.1) is 0 Å². The fraction of sp³-hybridized carbons (Fsp3) is 0.556. The minimum absolute atomic E-state index is 0.217. The summed E-state index contributed by atoms with van der Waals surface area (Å²) in [4.78, 5) is 23.1. The van der Waals surface area contributed by atoms with Crippen LogP contribution in [0.1, 0.15) is 25.7 Å². The number of hydrogen-bond donors (Lipinski definition) is 0. The Labute approximate surface area is 151 Å². The highest BCUT2D eigenvalue weighted by Crippen LogP contribution is 2.36. The van der Waals surface area contributed by atoms with Gasteiger partial charge in [0.1, 0.15) is 12.2 Å². The number of carbonyl (C=O) groups is 2. The van der Waals surface area contributed by atoms with E-state index in [1.165, 1.54) is 21.0 Å². The van der Waals surface area contributed by atoms with Gasteiger partial charge in [0.25, 0.3) is 0 Å². The molecule has 0 N–H and O–H groups in total. The van der Waals surface area contributed by atoms with Crippen molar-refractivity contribution < 1.29 is 38.0 Å². The molecule has 2 fully saturated rings. The lowest BCUT2D eigenvalue weighted by Gasteiger charge is -2.47. The summed E-state index contributed by atoms with van der Waals surface area (Å²) in [5, 5.41) is 0. The van der Waals surface area contributed by atoms with E-state index in [1.54, 1.807) is 0 Å². The first kappa shape index (κ1) is 18.8. The molecular weight excluding hydrogens is 344 g/mol. The van der Waals surface area contributed by atoms with E-state index in [0.717, 1.165) is 5.56 Å². The van der Waals surface area contributed by atoms with E-state index in [1.807, 2.05) is 30.3 Å². The molecule has 3 rings (SSSR count). The maximum Gasteiger partial charge on any atom is 0.303 e. The Morgan fingerprint density at radius 3 is 2.27 bits per heavy atom. The van der Waals surface area contributed by atoms with Gasteiger partial charge in [-0.2, -0.15) is 0 Å². The summed E-state index contributed by atoms with van der Waals surface area (Å²) in [6.07, 6.45) is -4.57. The molecule has 0 bridgehead atoms. The molecule has 0 aromatic heterocycles. The molecule has 8 heteroatoms. The van der Waals surface area contributed by atoms with Crippen molar-refractivity contribution >= 4 is 11.9 Å². The fourth-order valence-corrected chi connectivity index (χ4v) is 3.16. The van der Waals surface area contributed by atoms with Gasteiger partial charge in [-0.25, -0.2) is 0 Å². The monoisotopic (exact) mass is 366 g/mol. The average Bonchev–Trinajstić information content (AvgIpc) is 2.63. The number of methoxy groups -OCH3 is 1. The van der Waals surface area contributed by atoms with Gasteiger partial charge in [0.15, 0.2) is 24.8 Å². The van der Waals surface area contributed by atoms with Gasteiger partial charge < -0.3 is 28.4 Å². The van der Waals surface area contributed by atoms with Crippen LogP contribution in [-0.4, -0.2) is 56.4 Å². The van der Waals surface area contributed by atoms with E-state index < -0.39 is 48.9 Å².